The summed E-state index contributed by atoms with van der Waals surface area (Å²) >= 11 is 3.48. The van der Waals surface area contributed by atoms with Gasteiger partial charge in [-0.25, -0.2) is 5.43 Å². The summed E-state index contributed by atoms with van der Waals surface area (Å²) < 4.78 is 1.10. The smallest absolute Gasteiger partial charge is 0.243 e. The highest BCUT2D eigenvalue weighted by Crippen LogP contribution is 2.20. The van der Waals surface area contributed by atoms with Gasteiger partial charge in [0.05, 0.1) is 5.71 Å². The highest BCUT2D eigenvalue weighted by atomic mass is 79.9. The van der Waals surface area contributed by atoms with Crippen molar-refractivity contribution >= 4 is 38.3 Å². The predicted octanol–water partition coefficient (Wildman–Crippen LogP) is 5.35. The molecule has 3 aromatic rings. The number of amides is 1. The number of carbonyl (C=O) groups excluding carboxylic acids is 1. The average molecular weight is 464 g/mol. The molecule has 0 spiro atoms. The number of hydrazone groups is 1. The molecule has 5 heteroatoms. The Bertz CT molecular complexity index is 1050. The highest BCUT2D eigenvalue weighted by molar-refractivity contribution is 9.10. The van der Waals surface area contributed by atoms with Gasteiger partial charge in [0, 0.05) is 16.9 Å². The van der Waals surface area contributed by atoms with Gasteiger partial charge in [0.15, 0.2) is 0 Å². The van der Waals surface area contributed by atoms with Crippen LogP contribution in [-0.4, -0.2) is 29.6 Å². The number of rotatable bonds is 5. The Hall–Kier alpha value is -2.50. The molecule has 30 heavy (non-hydrogen) atoms. The molecular weight excluding hydrogens is 438 g/mol. The van der Waals surface area contributed by atoms with Crippen molar-refractivity contribution in [2.24, 2.45) is 11.0 Å². The van der Waals surface area contributed by atoms with Gasteiger partial charge in [0.1, 0.15) is 0 Å². The number of hydrogen-bond donors (Lipinski definition) is 1. The average Bonchev–Trinajstić information content (AvgIpc) is 2.79. The van der Waals surface area contributed by atoms with Crippen LogP contribution in [0.1, 0.15) is 30.9 Å². The number of piperidine rings is 1. The number of hydrogen-bond acceptors (Lipinski definition) is 3. The first-order valence-electron chi connectivity index (χ1n) is 10.4. The molecule has 154 valence electrons. The summed E-state index contributed by atoms with van der Waals surface area (Å²) in [5.74, 6) is 0.0535. The maximum Gasteiger partial charge on any atom is 0.243 e. The Balaban J connectivity index is 1.30. The van der Waals surface area contributed by atoms with Gasteiger partial charge < -0.3 is 0 Å². The van der Waals surface area contributed by atoms with Crippen molar-refractivity contribution in [3.63, 3.8) is 0 Å². The quantitative estimate of drug-likeness (QED) is 0.409. The fourth-order valence-electron chi connectivity index (χ4n) is 3.91. The Morgan fingerprint density at radius 3 is 2.47 bits per heavy atom. The first-order chi connectivity index (χ1) is 14.6. The third kappa shape index (κ3) is 5.15. The number of benzene rings is 3. The van der Waals surface area contributed by atoms with Crippen molar-refractivity contribution in [2.75, 3.05) is 13.1 Å². The van der Waals surface area contributed by atoms with Crippen LogP contribution in [0, 0.1) is 5.92 Å². The van der Waals surface area contributed by atoms with Gasteiger partial charge in [-0.1, -0.05) is 64.5 Å². The van der Waals surface area contributed by atoms with Gasteiger partial charge in [-0.2, -0.15) is 5.10 Å². The second kappa shape index (κ2) is 9.54. The van der Waals surface area contributed by atoms with Crippen LogP contribution in [0.3, 0.4) is 0 Å². The molecule has 0 saturated carbocycles. The molecule has 0 aromatic heterocycles. The highest BCUT2D eigenvalue weighted by Gasteiger charge is 2.24. The van der Waals surface area contributed by atoms with Crippen molar-refractivity contribution in [1.29, 1.82) is 0 Å². The molecule has 1 aliphatic rings. The second-order valence-corrected chi connectivity index (χ2v) is 8.83. The minimum atomic E-state index is 0.0263. The minimum Gasteiger partial charge on any atom is -0.299 e. The topological polar surface area (TPSA) is 44.7 Å². The Kier molecular flexibility index (Phi) is 6.60. The van der Waals surface area contributed by atoms with Crippen LogP contribution in [0.2, 0.25) is 0 Å². The molecule has 0 aliphatic carbocycles. The van der Waals surface area contributed by atoms with E-state index in [0.717, 1.165) is 48.2 Å². The molecule has 0 radical (unpaired) electrons. The molecule has 0 bridgehead atoms. The second-order valence-electron chi connectivity index (χ2n) is 7.91. The number of likely N-dealkylation sites (tertiary alicyclic amines) is 1. The third-order valence-electron chi connectivity index (χ3n) is 5.78. The lowest BCUT2D eigenvalue weighted by molar-refractivity contribution is -0.126. The number of halogens is 1. The fourth-order valence-corrected chi connectivity index (χ4v) is 4.17. The standard InChI is InChI=1S/C25H26BrN3O/c1-18(22-9-8-20-4-2-3-5-23(20)16-22)27-28-25(30)21-12-14-29(15-13-21)17-19-6-10-24(26)11-7-19/h2-11,16,21H,12-15,17H2,1H3,(H,28,30)/b27-18+. The maximum absolute atomic E-state index is 12.6. The van der Waals surface area contributed by atoms with E-state index in [0.29, 0.717) is 0 Å². The summed E-state index contributed by atoms with van der Waals surface area (Å²) in [6.45, 7) is 4.73. The summed E-state index contributed by atoms with van der Waals surface area (Å²) in [6.07, 6.45) is 1.74. The van der Waals surface area contributed by atoms with E-state index in [9.17, 15) is 4.79 Å². The van der Waals surface area contributed by atoms with E-state index in [2.05, 4.69) is 79.9 Å². The molecule has 1 amide bonds. The summed E-state index contributed by atoms with van der Waals surface area (Å²) in [7, 11) is 0. The maximum atomic E-state index is 12.6. The van der Waals surface area contributed by atoms with Crippen molar-refractivity contribution < 1.29 is 4.79 Å². The zero-order valence-electron chi connectivity index (χ0n) is 17.1. The predicted molar refractivity (Wildman–Crippen MR) is 126 cm³/mol. The van der Waals surface area contributed by atoms with Crippen LogP contribution in [0.25, 0.3) is 10.8 Å². The van der Waals surface area contributed by atoms with Crippen molar-refractivity contribution in [3.05, 3.63) is 82.3 Å². The minimum absolute atomic E-state index is 0.0263. The van der Waals surface area contributed by atoms with E-state index in [1.807, 2.05) is 25.1 Å². The van der Waals surface area contributed by atoms with Gasteiger partial charge in [0.2, 0.25) is 5.91 Å². The molecule has 0 atom stereocenters. The van der Waals surface area contributed by atoms with Gasteiger partial charge in [-0.05, 0) is 73.0 Å². The van der Waals surface area contributed by atoms with Crippen LogP contribution >= 0.6 is 15.9 Å². The van der Waals surface area contributed by atoms with Crippen LogP contribution in [0.15, 0.2) is 76.3 Å². The summed E-state index contributed by atoms with van der Waals surface area (Å²) in [5, 5.41) is 6.75. The monoisotopic (exact) mass is 463 g/mol. The Labute approximate surface area is 186 Å². The SMILES string of the molecule is C/C(=N\NC(=O)C1CCN(Cc2ccc(Br)cc2)CC1)c1ccc2ccccc2c1. The van der Waals surface area contributed by atoms with E-state index in [1.54, 1.807) is 0 Å². The van der Waals surface area contributed by atoms with E-state index in [-0.39, 0.29) is 11.8 Å². The van der Waals surface area contributed by atoms with Crippen LogP contribution in [-0.2, 0) is 11.3 Å². The largest absolute Gasteiger partial charge is 0.299 e. The zero-order chi connectivity index (χ0) is 20.9. The molecule has 4 nitrogen and oxygen atoms in total. The van der Waals surface area contributed by atoms with Gasteiger partial charge in [-0.15, -0.1) is 0 Å². The van der Waals surface area contributed by atoms with Crippen molar-refractivity contribution in [3.8, 4) is 0 Å². The van der Waals surface area contributed by atoms with Crippen molar-refractivity contribution in [1.82, 2.24) is 10.3 Å². The number of fused-ring (bicyclic) bond motifs is 1. The zero-order valence-corrected chi connectivity index (χ0v) is 18.7. The van der Waals surface area contributed by atoms with Crippen LogP contribution in [0.4, 0.5) is 0 Å². The normalized spacial score (nSPS) is 16.0. The van der Waals surface area contributed by atoms with Gasteiger partial charge in [0.25, 0.3) is 0 Å². The summed E-state index contributed by atoms with van der Waals surface area (Å²) in [6, 6.07) is 22.9. The molecular formula is C25H26BrN3O. The first-order valence-corrected chi connectivity index (χ1v) is 11.2. The van der Waals surface area contributed by atoms with E-state index in [1.165, 1.54) is 16.3 Å². The van der Waals surface area contributed by atoms with Crippen LogP contribution in [0.5, 0.6) is 0 Å². The van der Waals surface area contributed by atoms with Crippen LogP contribution < -0.4 is 5.43 Å². The fraction of sp³-hybridized carbons (Fsp3) is 0.280. The number of carbonyl (C=O) groups is 1. The van der Waals surface area contributed by atoms with E-state index >= 15 is 0 Å². The van der Waals surface area contributed by atoms with Crippen molar-refractivity contribution in [2.45, 2.75) is 26.3 Å². The van der Waals surface area contributed by atoms with Gasteiger partial charge >= 0.3 is 0 Å². The molecule has 1 N–H and O–H groups in total. The lowest BCUT2D eigenvalue weighted by Gasteiger charge is -2.30. The number of nitrogens with zero attached hydrogens (tertiary/aromatic N) is 2. The third-order valence-corrected chi connectivity index (χ3v) is 6.31. The molecule has 1 saturated heterocycles. The first kappa shape index (κ1) is 20.8. The summed E-state index contributed by atoms with van der Waals surface area (Å²) in [5.41, 5.74) is 5.94. The molecule has 1 fully saturated rings. The molecule has 4 rings (SSSR count). The molecule has 0 unspecified atom stereocenters. The van der Waals surface area contributed by atoms with E-state index in [4.69, 9.17) is 0 Å². The number of nitrogens with one attached hydrogen (secondary N) is 1. The molecule has 3 aromatic carbocycles. The summed E-state index contributed by atoms with van der Waals surface area (Å²) in [4.78, 5) is 15.0. The lowest BCUT2D eigenvalue weighted by atomic mass is 9.96. The lowest BCUT2D eigenvalue weighted by Crippen LogP contribution is -2.39. The van der Waals surface area contributed by atoms with Gasteiger partial charge in [-0.3, -0.25) is 9.69 Å². The Morgan fingerprint density at radius 1 is 1.03 bits per heavy atom. The molecule has 1 aliphatic heterocycles. The molecule has 1 heterocycles. The Morgan fingerprint density at radius 2 is 1.73 bits per heavy atom. The van der Waals surface area contributed by atoms with E-state index < -0.39 is 0 Å².